The number of phosphoric ester groups is 1. The van der Waals surface area contributed by atoms with E-state index in [0.717, 1.165) is 38.5 Å². The molecule has 0 saturated heterocycles. The lowest BCUT2D eigenvalue weighted by Gasteiger charge is -2.34. The second kappa shape index (κ2) is 16.0. The molecule has 0 saturated carbocycles. The molecule has 0 fully saturated rings. The second-order valence-corrected chi connectivity index (χ2v) is 16.7. The van der Waals surface area contributed by atoms with E-state index in [2.05, 4.69) is 0 Å². The van der Waals surface area contributed by atoms with E-state index in [-0.39, 0.29) is 13.2 Å². The van der Waals surface area contributed by atoms with Crippen LogP contribution in [0.15, 0.2) is 0 Å². The van der Waals surface area contributed by atoms with Crippen LogP contribution in [0, 0.1) is 0 Å². The van der Waals surface area contributed by atoms with Crippen LogP contribution in [0.3, 0.4) is 0 Å². The van der Waals surface area contributed by atoms with Crippen LogP contribution >= 0.6 is 46.2 Å². The number of unbranched alkanes of at least 4 members (excludes halogenated alkanes) is 6. The molecule has 0 heterocycles. The maximum Gasteiger partial charge on any atom is 0.482 e. The molecule has 1 unspecified atom stereocenters. The maximum absolute atomic E-state index is 13.4. The van der Waals surface area contributed by atoms with Gasteiger partial charge in [0.15, 0.2) is 0 Å². The molecule has 0 rings (SSSR count). The van der Waals surface area contributed by atoms with E-state index in [9.17, 15) is 18.6 Å². The van der Waals surface area contributed by atoms with Crippen LogP contribution in [0.5, 0.6) is 0 Å². The van der Waals surface area contributed by atoms with Gasteiger partial charge < -0.3 is 13.9 Å². The molecule has 200 valence electrons. The first-order chi connectivity index (χ1) is 15.2. The van der Waals surface area contributed by atoms with Gasteiger partial charge in [0.2, 0.25) is 0 Å². The summed E-state index contributed by atoms with van der Waals surface area (Å²) in [5.41, 5.74) is 0. The summed E-state index contributed by atoms with van der Waals surface area (Å²) < 4.78 is 62.6. The van der Waals surface area contributed by atoms with Gasteiger partial charge in [-0.15, -0.1) is 0 Å². The first-order valence-electron chi connectivity index (χ1n) is 11.4. The topological polar surface area (TPSA) is 118 Å². The molecule has 33 heavy (non-hydrogen) atoms. The van der Waals surface area contributed by atoms with E-state index in [1.165, 1.54) is 27.7 Å². The number of phosphoric acid groups is 1. The molecule has 9 nitrogen and oxygen atoms in total. The smallest absolute Gasteiger partial charge is 0.321 e. The predicted molar refractivity (Wildman–Crippen MR) is 133 cm³/mol. The number of halogens is 2. The summed E-state index contributed by atoms with van der Waals surface area (Å²) in [5.74, 6) is 0. The van der Waals surface area contributed by atoms with Crippen molar-refractivity contribution in [2.24, 2.45) is 0 Å². The Morgan fingerprint density at radius 1 is 0.758 bits per heavy atom. The highest BCUT2D eigenvalue weighted by Gasteiger charge is 2.66. The maximum atomic E-state index is 13.4. The Morgan fingerprint density at radius 3 is 1.48 bits per heavy atom. The molecule has 0 aromatic heterocycles. The number of rotatable bonds is 20. The number of alkyl halides is 2. The molecule has 0 amide bonds. The van der Waals surface area contributed by atoms with Gasteiger partial charge in [-0.2, -0.15) is 0 Å². The minimum Gasteiger partial charge on any atom is -0.321 e. The summed E-state index contributed by atoms with van der Waals surface area (Å²) in [7, 11) is -14.6. The Balaban J connectivity index is 5.71. The second-order valence-electron chi connectivity index (χ2n) is 8.15. The molecule has 0 aromatic carbocycles. The summed E-state index contributed by atoms with van der Waals surface area (Å²) in [5, 5.41) is 0. The van der Waals surface area contributed by atoms with Crippen molar-refractivity contribution >= 4 is 46.2 Å². The highest BCUT2D eigenvalue weighted by Crippen LogP contribution is 2.83. The van der Waals surface area contributed by atoms with Crippen molar-refractivity contribution < 1.29 is 41.0 Å². The molecule has 14 heteroatoms. The zero-order valence-electron chi connectivity index (χ0n) is 20.5. The van der Waals surface area contributed by atoms with Crippen LogP contribution in [0.2, 0.25) is 0 Å². The van der Waals surface area contributed by atoms with Crippen LogP contribution in [-0.2, 0) is 36.1 Å². The standard InChI is InChI=1S/C19H41Cl2O9P3/c1-7-9-11-13-15-26-33(25,27-16-14-12-10-8-2)30-31(22,23)19(20,21)32(24,28-17(3)4)29-18(5)6/h17-18H,7-16H2,1-6H3,(H,22,23). The predicted octanol–water partition coefficient (Wildman–Crippen LogP) is 8.62. The van der Waals surface area contributed by atoms with Crippen molar-refractivity contribution in [2.45, 2.75) is 109 Å². The van der Waals surface area contributed by atoms with E-state index in [1.54, 1.807) is 0 Å². The van der Waals surface area contributed by atoms with Crippen LogP contribution in [0.25, 0.3) is 0 Å². The van der Waals surface area contributed by atoms with Crippen molar-refractivity contribution in [3.63, 3.8) is 0 Å². The van der Waals surface area contributed by atoms with Crippen molar-refractivity contribution in [1.29, 1.82) is 0 Å². The van der Waals surface area contributed by atoms with E-state index in [1.807, 2.05) is 13.8 Å². The molecule has 0 aliphatic rings. The fourth-order valence-corrected chi connectivity index (χ4v) is 9.47. The normalized spacial score (nSPS) is 15.4. The van der Waals surface area contributed by atoms with Crippen LogP contribution in [-0.4, -0.2) is 34.1 Å². The van der Waals surface area contributed by atoms with Gasteiger partial charge in [-0.3, -0.25) is 18.2 Å². The summed E-state index contributed by atoms with van der Waals surface area (Å²) in [6.45, 7) is 10.1. The summed E-state index contributed by atoms with van der Waals surface area (Å²) >= 11 is 12.2. The van der Waals surface area contributed by atoms with Crippen LogP contribution in [0.4, 0.5) is 0 Å². The number of hydrogen-bond acceptors (Lipinski definition) is 8. The summed E-state index contributed by atoms with van der Waals surface area (Å²) in [4.78, 5) is 10.6. The van der Waals surface area contributed by atoms with Gasteiger partial charge in [0, 0.05) is 0 Å². The molecule has 1 N–H and O–H groups in total. The molecule has 1 atom stereocenters. The Bertz CT molecular complexity index is 657. The lowest BCUT2D eigenvalue weighted by Crippen LogP contribution is -2.23. The minimum absolute atomic E-state index is 0.0353. The van der Waals surface area contributed by atoms with Crippen LogP contribution in [0.1, 0.15) is 92.9 Å². The fourth-order valence-electron chi connectivity index (χ4n) is 2.54. The number of hydrogen-bond donors (Lipinski definition) is 1. The van der Waals surface area contributed by atoms with Gasteiger partial charge in [-0.05, 0) is 40.5 Å². The molecule has 0 radical (unpaired) electrons. The minimum atomic E-state index is -5.37. The molecule has 0 spiro atoms. The lowest BCUT2D eigenvalue weighted by atomic mass is 10.2. The van der Waals surface area contributed by atoms with Crippen molar-refractivity contribution in [3.05, 3.63) is 0 Å². The summed E-state index contributed by atoms with van der Waals surface area (Å²) in [6.07, 6.45) is 5.09. The van der Waals surface area contributed by atoms with Crippen molar-refractivity contribution in [2.75, 3.05) is 13.2 Å². The molecule has 0 aliphatic heterocycles. The molecule has 0 aliphatic carbocycles. The van der Waals surface area contributed by atoms with E-state index < -0.39 is 39.0 Å². The average Bonchev–Trinajstić information content (AvgIpc) is 2.65. The fraction of sp³-hybridized carbons (Fsp3) is 1.00. The third-order valence-electron chi connectivity index (χ3n) is 4.07. The van der Waals surface area contributed by atoms with E-state index in [4.69, 9.17) is 45.6 Å². The molecule has 0 bridgehead atoms. The van der Waals surface area contributed by atoms with Gasteiger partial charge in [0.25, 0.3) is 0 Å². The zero-order chi connectivity index (χ0) is 25.8. The van der Waals surface area contributed by atoms with Crippen molar-refractivity contribution in [1.82, 2.24) is 0 Å². The van der Waals surface area contributed by atoms with Gasteiger partial charge in [-0.1, -0.05) is 75.6 Å². The molecular formula is C19H41Cl2O9P3. The van der Waals surface area contributed by atoms with Gasteiger partial charge in [0.05, 0.1) is 25.4 Å². The third-order valence-corrected chi connectivity index (χ3v) is 13.5. The Labute approximate surface area is 209 Å². The third kappa shape index (κ3) is 12.2. The van der Waals surface area contributed by atoms with E-state index in [0.29, 0.717) is 12.8 Å². The first-order valence-corrected chi connectivity index (χ1v) is 16.8. The monoisotopic (exact) mass is 576 g/mol. The van der Waals surface area contributed by atoms with Gasteiger partial charge >= 0.3 is 26.8 Å². The molecule has 0 aromatic rings. The molecular weight excluding hydrogens is 536 g/mol. The Morgan fingerprint density at radius 2 is 1.15 bits per heavy atom. The lowest BCUT2D eigenvalue weighted by molar-refractivity contribution is 0.137. The largest absolute Gasteiger partial charge is 0.482 e. The Hall–Kier alpha value is 1.03. The van der Waals surface area contributed by atoms with E-state index >= 15 is 0 Å². The average molecular weight is 577 g/mol. The van der Waals surface area contributed by atoms with Crippen molar-refractivity contribution in [3.8, 4) is 0 Å². The SMILES string of the molecule is CCCCCCOP(=O)(OCCCCCC)OP(=O)(O)C(Cl)(Cl)P(=O)(OC(C)C)OC(C)C. The Kier molecular flexibility index (Phi) is 16.5. The zero-order valence-corrected chi connectivity index (χ0v) is 24.7. The van der Waals surface area contributed by atoms with Gasteiger partial charge in [0.1, 0.15) is 0 Å². The highest BCUT2D eigenvalue weighted by molar-refractivity contribution is 7.82. The van der Waals surface area contributed by atoms with Crippen LogP contribution < -0.4 is 0 Å². The summed E-state index contributed by atoms with van der Waals surface area (Å²) in [6, 6.07) is 0. The highest BCUT2D eigenvalue weighted by atomic mass is 35.5. The first kappa shape index (κ1) is 34.0. The quantitative estimate of drug-likeness (QED) is 0.0862. The van der Waals surface area contributed by atoms with Gasteiger partial charge in [-0.25, -0.2) is 8.88 Å².